The molecule has 0 saturated carbocycles. The zero-order valence-electron chi connectivity index (χ0n) is 17.5. The summed E-state index contributed by atoms with van der Waals surface area (Å²) < 4.78 is 0. The van der Waals surface area contributed by atoms with Gasteiger partial charge in [-0.25, -0.2) is 0 Å². The van der Waals surface area contributed by atoms with Crippen LogP contribution < -0.4 is 15.5 Å². The molecule has 2 aromatic rings. The normalized spacial score (nSPS) is 12.0. The third-order valence-electron chi connectivity index (χ3n) is 4.78. The molecule has 0 radical (unpaired) electrons. The molecule has 1 aliphatic rings. The molecule has 0 bridgehead atoms. The van der Waals surface area contributed by atoms with Gasteiger partial charge in [0.15, 0.2) is 0 Å². The third kappa shape index (κ3) is 6.06. The molecular formula is C25H25N3O3. The highest BCUT2D eigenvalue weighted by Crippen LogP contribution is 2.25. The van der Waals surface area contributed by atoms with Gasteiger partial charge in [-0.05, 0) is 43.2 Å². The second-order valence-electron chi connectivity index (χ2n) is 7.08. The fraction of sp³-hybridized carbons (Fsp3) is 0.240. The molecule has 0 saturated heterocycles. The van der Waals surface area contributed by atoms with Gasteiger partial charge >= 0.3 is 0 Å². The smallest absolute Gasteiger partial charge is 0.243 e. The lowest BCUT2D eigenvalue weighted by molar-refractivity contribution is -0.128. The molecule has 6 nitrogen and oxygen atoms in total. The number of nitrogens with zero attached hydrogens (tertiary/aromatic N) is 1. The van der Waals surface area contributed by atoms with Crippen molar-refractivity contribution >= 4 is 23.4 Å². The number of carbonyl (C=O) groups is 3. The number of carbonyl (C=O) groups excluding carboxylic acids is 3. The van der Waals surface area contributed by atoms with Gasteiger partial charge in [0, 0.05) is 24.2 Å². The van der Waals surface area contributed by atoms with Crippen LogP contribution in [0, 0.1) is 11.8 Å². The topological polar surface area (TPSA) is 78.5 Å². The number of benzene rings is 2. The van der Waals surface area contributed by atoms with E-state index in [4.69, 9.17) is 0 Å². The molecule has 0 atom stereocenters. The van der Waals surface area contributed by atoms with E-state index in [-0.39, 0.29) is 24.1 Å². The molecule has 158 valence electrons. The van der Waals surface area contributed by atoms with Crippen LogP contribution in [0.25, 0.3) is 0 Å². The van der Waals surface area contributed by atoms with E-state index in [0.29, 0.717) is 31.7 Å². The molecule has 0 aromatic heterocycles. The quantitative estimate of drug-likeness (QED) is 0.316. The van der Waals surface area contributed by atoms with Gasteiger partial charge in [-0.2, -0.15) is 0 Å². The number of anilines is 1. The van der Waals surface area contributed by atoms with E-state index in [2.05, 4.69) is 22.5 Å². The highest BCUT2D eigenvalue weighted by Gasteiger charge is 2.23. The van der Waals surface area contributed by atoms with Gasteiger partial charge in [-0.3, -0.25) is 14.4 Å². The number of amides is 3. The molecule has 2 N–H and O–H groups in total. The Hall–Kier alpha value is -3.85. The van der Waals surface area contributed by atoms with Crippen molar-refractivity contribution in [2.24, 2.45) is 0 Å². The van der Waals surface area contributed by atoms with Crippen molar-refractivity contribution in [2.45, 2.75) is 26.3 Å². The molecule has 0 aliphatic carbocycles. The molecule has 1 heterocycles. The van der Waals surface area contributed by atoms with Crippen LogP contribution in [-0.2, 0) is 20.9 Å². The summed E-state index contributed by atoms with van der Waals surface area (Å²) in [5, 5.41) is 5.46. The highest BCUT2D eigenvalue weighted by molar-refractivity contribution is 6.05. The zero-order chi connectivity index (χ0) is 22.1. The Bertz CT molecular complexity index is 1060. The van der Waals surface area contributed by atoms with Crippen LogP contribution in [0.5, 0.6) is 0 Å². The number of hydrogen-bond acceptors (Lipinski definition) is 3. The van der Waals surface area contributed by atoms with Crippen molar-refractivity contribution in [1.82, 2.24) is 10.6 Å². The summed E-state index contributed by atoms with van der Waals surface area (Å²) in [6.07, 6.45) is 3.43. The Kier molecular flexibility index (Phi) is 7.61. The lowest BCUT2D eigenvalue weighted by Gasteiger charge is -2.25. The van der Waals surface area contributed by atoms with E-state index in [0.717, 1.165) is 16.7 Å². The largest absolute Gasteiger partial charge is 0.356 e. The number of hydrogen-bond donors (Lipinski definition) is 2. The number of rotatable bonds is 7. The van der Waals surface area contributed by atoms with Gasteiger partial charge in [0.2, 0.25) is 17.7 Å². The van der Waals surface area contributed by atoms with Crippen molar-refractivity contribution in [2.75, 3.05) is 18.0 Å². The van der Waals surface area contributed by atoms with Crippen molar-refractivity contribution in [3.05, 3.63) is 77.4 Å². The molecule has 3 rings (SSSR count). The molecule has 2 aromatic carbocycles. The Labute approximate surface area is 182 Å². The average molecular weight is 415 g/mol. The molecule has 0 spiro atoms. The highest BCUT2D eigenvalue weighted by atomic mass is 16.2. The van der Waals surface area contributed by atoms with Gasteiger partial charge < -0.3 is 15.5 Å². The predicted molar refractivity (Wildman–Crippen MR) is 120 cm³/mol. The average Bonchev–Trinajstić information content (AvgIpc) is 2.75. The SMILES string of the molecule is C/C=C/C(=O)NCCCNC(=O)CC(=O)N1Cc2ccccc2C#Cc2ccccc21. The lowest BCUT2D eigenvalue weighted by Crippen LogP contribution is -2.37. The second-order valence-corrected chi connectivity index (χ2v) is 7.08. The van der Waals surface area contributed by atoms with Crippen molar-refractivity contribution in [1.29, 1.82) is 0 Å². The van der Waals surface area contributed by atoms with Crippen LogP contribution in [0.4, 0.5) is 5.69 Å². The maximum Gasteiger partial charge on any atom is 0.243 e. The molecule has 0 fully saturated rings. The minimum atomic E-state index is -0.344. The van der Waals surface area contributed by atoms with E-state index >= 15 is 0 Å². The minimum absolute atomic E-state index is 0.164. The third-order valence-corrected chi connectivity index (χ3v) is 4.78. The van der Waals surface area contributed by atoms with Crippen LogP contribution in [-0.4, -0.2) is 30.8 Å². The molecule has 3 amide bonds. The van der Waals surface area contributed by atoms with E-state index < -0.39 is 0 Å². The van der Waals surface area contributed by atoms with Gasteiger partial charge in [0.25, 0.3) is 0 Å². The van der Waals surface area contributed by atoms with E-state index in [1.807, 2.05) is 48.5 Å². The first kappa shape index (κ1) is 21.8. The number of para-hydroxylation sites is 1. The first-order valence-electron chi connectivity index (χ1n) is 10.2. The Morgan fingerprint density at radius 1 is 0.968 bits per heavy atom. The first-order chi connectivity index (χ1) is 15.1. The number of allylic oxidation sites excluding steroid dienone is 1. The van der Waals surface area contributed by atoms with Gasteiger partial charge in [-0.1, -0.05) is 48.2 Å². The molecule has 6 heteroatoms. The molecular weight excluding hydrogens is 390 g/mol. The molecule has 1 aliphatic heterocycles. The Balaban J connectivity index is 1.62. The molecule has 0 unspecified atom stereocenters. The summed E-state index contributed by atoms with van der Waals surface area (Å²) in [4.78, 5) is 38.4. The minimum Gasteiger partial charge on any atom is -0.356 e. The van der Waals surface area contributed by atoms with Crippen LogP contribution in [0.3, 0.4) is 0 Å². The summed E-state index contributed by atoms with van der Waals surface area (Å²) in [5.74, 6) is 5.52. The van der Waals surface area contributed by atoms with Crippen molar-refractivity contribution < 1.29 is 14.4 Å². The first-order valence-corrected chi connectivity index (χ1v) is 10.2. The maximum absolute atomic E-state index is 13.0. The fourth-order valence-electron chi connectivity index (χ4n) is 3.24. The van der Waals surface area contributed by atoms with Crippen LogP contribution in [0.1, 0.15) is 36.5 Å². The van der Waals surface area contributed by atoms with E-state index in [1.54, 1.807) is 17.9 Å². The molecule has 31 heavy (non-hydrogen) atoms. The van der Waals surface area contributed by atoms with Gasteiger partial charge in [-0.15, -0.1) is 0 Å². The second kappa shape index (κ2) is 10.8. The van der Waals surface area contributed by atoms with Gasteiger partial charge in [0.1, 0.15) is 6.42 Å². The number of nitrogens with one attached hydrogen (secondary N) is 2. The van der Waals surface area contributed by atoms with E-state index in [1.165, 1.54) is 6.08 Å². The Morgan fingerprint density at radius 3 is 2.45 bits per heavy atom. The monoisotopic (exact) mass is 415 g/mol. The summed E-state index contributed by atoms with van der Waals surface area (Å²) in [5.41, 5.74) is 3.27. The predicted octanol–water partition coefficient (Wildman–Crippen LogP) is 2.52. The lowest BCUT2D eigenvalue weighted by atomic mass is 10.0. The summed E-state index contributed by atoms with van der Waals surface area (Å²) in [6, 6.07) is 15.2. The van der Waals surface area contributed by atoms with E-state index in [9.17, 15) is 14.4 Å². The van der Waals surface area contributed by atoms with Crippen LogP contribution in [0.15, 0.2) is 60.7 Å². The summed E-state index contributed by atoms with van der Waals surface area (Å²) in [7, 11) is 0. The Morgan fingerprint density at radius 2 is 1.65 bits per heavy atom. The zero-order valence-corrected chi connectivity index (χ0v) is 17.5. The van der Waals surface area contributed by atoms with Crippen LogP contribution in [0.2, 0.25) is 0 Å². The van der Waals surface area contributed by atoms with Crippen LogP contribution >= 0.6 is 0 Å². The standard InChI is InChI=1S/C25H25N3O3/c1-2-8-23(29)26-15-7-16-27-24(30)17-25(31)28-18-21-11-4-3-9-19(21)13-14-20-10-5-6-12-22(20)28/h2-6,8-12H,7,15-18H2,1H3,(H,26,29)(H,27,30)/b8-2+. The van der Waals surface area contributed by atoms with Crippen molar-refractivity contribution in [3.63, 3.8) is 0 Å². The summed E-state index contributed by atoms with van der Waals surface area (Å²) >= 11 is 0. The maximum atomic E-state index is 13.0. The number of fused-ring (bicyclic) bond motifs is 2. The fourth-order valence-corrected chi connectivity index (χ4v) is 3.24. The summed E-state index contributed by atoms with van der Waals surface area (Å²) in [6.45, 7) is 2.96. The van der Waals surface area contributed by atoms with Crippen molar-refractivity contribution in [3.8, 4) is 11.8 Å². The van der Waals surface area contributed by atoms with Gasteiger partial charge in [0.05, 0.1) is 12.2 Å².